The number of piperidine rings is 1. The van der Waals surface area contributed by atoms with Crippen LogP contribution in [-0.4, -0.2) is 55.5 Å². The summed E-state index contributed by atoms with van der Waals surface area (Å²) in [4.78, 5) is 11.9. The summed E-state index contributed by atoms with van der Waals surface area (Å²) in [7, 11) is -3.53. The Hall–Kier alpha value is -2.07. The maximum atomic E-state index is 12.9. The second kappa shape index (κ2) is 8.22. The van der Waals surface area contributed by atoms with Crippen molar-refractivity contribution in [2.24, 2.45) is 0 Å². The first-order valence-electron chi connectivity index (χ1n) is 10.3. The second-order valence-corrected chi connectivity index (χ2v) is 10.6. The summed E-state index contributed by atoms with van der Waals surface area (Å²) in [6.45, 7) is 2.53. The number of thiazole rings is 1. The number of morpholine rings is 1. The molecule has 0 radical (unpaired) electrons. The standard InChI is InChI=1S/C21H24N4O3S2/c26-30(27,24-11-13-28-14-12-24)16-8-9-20(22-15-16)25-10-4-3-6-18(25)21-23-17-5-1-2-7-19(17)29-21/h1-2,5,7-9,15,18H,3-4,6,10-14H2. The molecular weight excluding hydrogens is 420 g/mol. The number of benzene rings is 1. The van der Waals surface area contributed by atoms with Gasteiger partial charge in [-0.1, -0.05) is 12.1 Å². The highest BCUT2D eigenvalue weighted by atomic mass is 32.2. The molecule has 0 bridgehead atoms. The Morgan fingerprint density at radius 2 is 1.87 bits per heavy atom. The molecule has 2 aliphatic heterocycles. The number of aromatic nitrogens is 2. The fourth-order valence-corrected chi connectivity index (χ4v) is 6.60. The minimum Gasteiger partial charge on any atom is -0.379 e. The van der Waals surface area contributed by atoms with Gasteiger partial charge in [0.15, 0.2) is 0 Å². The third kappa shape index (κ3) is 3.71. The van der Waals surface area contributed by atoms with Crippen molar-refractivity contribution in [1.82, 2.24) is 14.3 Å². The minimum atomic E-state index is -3.53. The summed E-state index contributed by atoms with van der Waals surface area (Å²) in [5.74, 6) is 0.805. The first-order chi connectivity index (χ1) is 14.6. The quantitative estimate of drug-likeness (QED) is 0.614. The maximum absolute atomic E-state index is 12.9. The first-order valence-corrected chi connectivity index (χ1v) is 12.5. The lowest BCUT2D eigenvalue weighted by Crippen LogP contribution is -2.40. The molecule has 0 N–H and O–H groups in total. The van der Waals surface area contributed by atoms with Crippen LogP contribution in [-0.2, 0) is 14.8 Å². The van der Waals surface area contributed by atoms with E-state index in [1.807, 2.05) is 24.3 Å². The maximum Gasteiger partial charge on any atom is 0.244 e. The van der Waals surface area contributed by atoms with Crippen molar-refractivity contribution in [1.29, 1.82) is 0 Å². The molecule has 7 nitrogen and oxygen atoms in total. The lowest BCUT2D eigenvalue weighted by molar-refractivity contribution is 0.0730. The Morgan fingerprint density at radius 1 is 1.03 bits per heavy atom. The number of hydrogen-bond donors (Lipinski definition) is 0. The van der Waals surface area contributed by atoms with Crippen molar-refractivity contribution in [3.05, 3.63) is 47.6 Å². The zero-order chi connectivity index (χ0) is 20.6. The molecule has 30 heavy (non-hydrogen) atoms. The van der Waals surface area contributed by atoms with Crippen LogP contribution in [0.1, 0.15) is 30.3 Å². The van der Waals surface area contributed by atoms with E-state index in [0.717, 1.165) is 42.1 Å². The summed E-state index contributed by atoms with van der Waals surface area (Å²) < 4.78 is 33.7. The Bertz CT molecular complexity index is 1090. The third-order valence-electron chi connectivity index (χ3n) is 5.72. The summed E-state index contributed by atoms with van der Waals surface area (Å²) in [6.07, 6.45) is 4.76. The van der Waals surface area contributed by atoms with E-state index >= 15 is 0 Å². The predicted molar refractivity (Wildman–Crippen MR) is 117 cm³/mol. The zero-order valence-electron chi connectivity index (χ0n) is 16.6. The fraction of sp³-hybridized carbons (Fsp3) is 0.429. The van der Waals surface area contributed by atoms with Crippen molar-refractivity contribution in [2.75, 3.05) is 37.7 Å². The van der Waals surface area contributed by atoms with Gasteiger partial charge in [-0.05, 0) is 43.5 Å². The SMILES string of the molecule is O=S(=O)(c1ccc(N2CCCCC2c2nc3ccccc3s2)nc1)N1CCOCC1. The number of fused-ring (bicyclic) bond motifs is 1. The molecule has 0 spiro atoms. The predicted octanol–water partition coefficient (Wildman–Crippen LogP) is 3.44. The van der Waals surface area contributed by atoms with E-state index in [9.17, 15) is 8.42 Å². The molecule has 4 heterocycles. The van der Waals surface area contributed by atoms with Gasteiger partial charge in [-0.15, -0.1) is 11.3 Å². The number of para-hydroxylation sites is 1. The third-order valence-corrected chi connectivity index (χ3v) is 8.74. The van der Waals surface area contributed by atoms with Crippen LogP contribution in [0.2, 0.25) is 0 Å². The molecule has 1 aromatic carbocycles. The average molecular weight is 445 g/mol. The van der Waals surface area contributed by atoms with E-state index in [-0.39, 0.29) is 10.9 Å². The van der Waals surface area contributed by atoms with Gasteiger partial charge in [0.1, 0.15) is 15.7 Å². The topological polar surface area (TPSA) is 75.6 Å². The number of anilines is 1. The normalized spacial score (nSPS) is 21.2. The van der Waals surface area contributed by atoms with Crippen LogP contribution in [0.5, 0.6) is 0 Å². The molecule has 2 aliphatic rings. The molecule has 2 fully saturated rings. The van der Waals surface area contributed by atoms with Crippen molar-refractivity contribution in [3.8, 4) is 0 Å². The Morgan fingerprint density at radius 3 is 2.63 bits per heavy atom. The van der Waals surface area contributed by atoms with Crippen LogP contribution in [0.25, 0.3) is 10.2 Å². The summed E-state index contributed by atoms with van der Waals surface area (Å²) in [5.41, 5.74) is 1.03. The van der Waals surface area contributed by atoms with Gasteiger partial charge < -0.3 is 9.64 Å². The fourth-order valence-electron chi connectivity index (χ4n) is 4.13. The smallest absolute Gasteiger partial charge is 0.244 e. The van der Waals surface area contributed by atoms with Crippen LogP contribution in [0.15, 0.2) is 47.5 Å². The number of pyridine rings is 1. The van der Waals surface area contributed by atoms with Crippen LogP contribution >= 0.6 is 11.3 Å². The van der Waals surface area contributed by atoms with E-state index in [1.165, 1.54) is 15.2 Å². The highest BCUT2D eigenvalue weighted by molar-refractivity contribution is 7.89. The highest BCUT2D eigenvalue weighted by Crippen LogP contribution is 2.37. The van der Waals surface area contributed by atoms with Gasteiger partial charge in [0.2, 0.25) is 10.0 Å². The Labute approximate surface area is 180 Å². The number of rotatable bonds is 4. The molecule has 9 heteroatoms. The van der Waals surface area contributed by atoms with E-state index in [2.05, 4.69) is 16.0 Å². The molecule has 1 unspecified atom stereocenters. The molecule has 0 amide bonds. The van der Waals surface area contributed by atoms with E-state index < -0.39 is 10.0 Å². The van der Waals surface area contributed by atoms with E-state index in [1.54, 1.807) is 17.4 Å². The van der Waals surface area contributed by atoms with Crippen LogP contribution in [0.3, 0.4) is 0 Å². The monoisotopic (exact) mass is 444 g/mol. The number of nitrogens with zero attached hydrogens (tertiary/aromatic N) is 4. The number of sulfonamides is 1. The molecule has 5 rings (SSSR count). The summed E-state index contributed by atoms with van der Waals surface area (Å²) in [6, 6.07) is 11.9. The number of hydrogen-bond acceptors (Lipinski definition) is 7. The van der Waals surface area contributed by atoms with Gasteiger partial charge in [0.25, 0.3) is 0 Å². The second-order valence-electron chi connectivity index (χ2n) is 7.59. The average Bonchev–Trinajstić information content (AvgIpc) is 3.24. The largest absolute Gasteiger partial charge is 0.379 e. The molecule has 2 aromatic heterocycles. The molecule has 2 saturated heterocycles. The Balaban J connectivity index is 1.42. The van der Waals surface area contributed by atoms with E-state index in [0.29, 0.717) is 26.3 Å². The van der Waals surface area contributed by atoms with Crippen LogP contribution < -0.4 is 4.90 Å². The van der Waals surface area contributed by atoms with Crippen molar-refractivity contribution in [2.45, 2.75) is 30.2 Å². The van der Waals surface area contributed by atoms with Crippen LogP contribution in [0, 0.1) is 0 Å². The highest BCUT2D eigenvalue weighted by Gasteiger charge is 2.30. The lowest BCUT2D eigenvalue weighted by atomic mass is 10.0. The zero-order valence-corrected chi connectivity index (χ0v) is 18.2. The van der Waals surface area contributed by atoms with Crippen molar-refractivity contribution in [3.63, 3.8) is 0 Å². The molecule has 158 valence electrons. The molecular formula is C21H24N4O3S2. The summed E-state index contributed by atoms with van der Waals surface area (Å²) >= 11 is 1.73. The molecule has 3 aromatic rings. The van der Waals surface area contributed by atoms with Gasteiger partial charge in [0, 0.05) is 25.8 Å². The van der Waals surface area contributed by atoms with Gasteiger partial charge in [0.05, 0.1) is 29.5 Å². The van der Waals surface area contributed by atoms with E-state index in [4.69, 9.17) is 9.72 Å². The molecule has 0 aliphatic carbocycles. The van der Waals surface area contributed by atoms with Gasteiger partial charge >= 0.3 is 0 Å². The van der Waals surface area contributed by atoms with Crippen molar-refractivity contribution < 1.29 is 13.2 Å². The Kier molecular flexibility index (Phi) is 5.44. The van der Waals surface area contributed by atoms with Gasteiger partial charge in [-0.2, -0.15) is 4.31 Å². The molecule has 1 atom stereocenters. The summed E-state index contributed by atoms with van der Waals surface area (Å²) in [5, 5.41) is 1.10. The van der Waals surface area contributed by atoms with Gasteiger partial charge in [-0.3, -0.25) is 0 Å². The molecule has 0 saturated carbocycles. The van der Waals surface area contributed by atoms with Crippen LogP contribution in [0.4, 0.5) is 5.82 Å². The van der Waals surface area contributed by atoms with Crippen molar-refractivity contribution >= 4 is 37.4 Å². The minimum absolute atomic E-state index is 0.172. The lowest BCUT2D eigenvalue weighted by Gasteiger charge is -2.35. The first kappa shape index (κ1) is 19.9. The van der Waals surface area contributed by atoms with Gasteiger partial charge in [-0.25, -0.2) is 18.4 Å². The number of ether oxygens (including phenoxy) is 1.